The predicted octanol–water partition coefficient (Wildman–Crippen LogP) is 6.51. The van der Waals surface area contributed by atoms with E-state index in [4.69, 9.17) is 34.8 Å². The average Bonchev–Trinajstić information content (AvgIpc) is 2.67. The first kappa shape index (κ1) is 18.7. The molecule has 2 heterocycles. The molecular weight excluding hydrogens is 417 g/mol. The topological polar surface area (TPSA) is 54.9 Å². The maximum atomic E-state index is 13.1. The van der Waals surface area contributed by atoms with E-state index in [-0.39, 0.29) is 5.91 Å². The third-order valence-electron chi connectivity index (χ3n) is 4.08. The van der Waals surface area contributed by atoms with Gasteiger partial charge in [0.05, 0.1) is 27.5 Å². The second kappa shape index (κ2) is 7.76. The van der Waals surface area contributed by atoms with E-state index in [2.05, 4.69) is 15.3 Å². The van der Waals surface area contributed by atoms with Gasteiger partial charge in [0.15, 0.2) is 0 Å². The number of anilines is 1. The second-order valence-corrected chi connectivity index (χ2v) is 7.30. The maximum Gasteiger partial charge on any atom is 0.256 e. The first-order valence-electron chi connectivity index (χ1n) is 8.29. The highest BCUT2D eigenvalue weighted by Gasteiger charge is 2.16. The number of halogens is 3. The quantitative estimate of drug-likeness (QED) is 0.405. The van der Waals surface area contributed by atoms with Gasteiger partial charge < -0.3 is 5.32 Å². The summed E-state index contributed by atoms with van der Waals surface area (Å²) in [7, 11) is 0. The van der Waals surface area contributed by atoms with Crippen LogP contribution < -0.4 is 5.32 Å². The maximum absolute atomic E-state index is 13.1. The Morgan fingerprint density at radius 1 is 0.857 bits per heavy atom. The number of aromatic nitrogens is 2. The summed E-state index contributed by atoms with van der Waals surface area (Å²) >= 11 is 18.4. The van der Waals surface area contributed by atoms with Crippen LogP contribution in [-0.2, 0) is 0 Å². The summed E-state index contributed by atoms with van der Waals surface area (Å²) in [6.45, 7) is 0. The number of nitrogens with one attached hydrogen (secondary N) is 1. The van der Waals surface area contributed by atoms with Crippen molar-refractivity contribution in [2.75, 3.05) is 5.32 Å². The minimum atomic E-state index is -0.329. The first-order chi connectivity index (χ1) is 13.5. The molecule has 4 aromatic rings. The van der Waals surface area contributed by atoms with E-state index in [9.17, 15) is 4.79 Å². The number of rotatable bonds is 3. The van der Waals surface area contributed by atoms with Crippen molar-refractivity contribution in [3.8, 4) is 11.4 Å². The van der Waals surface area contributed by atoms with E-state index in [1.54, 1.807) is 48.7 Å². The van der Waals surface area contributed by atoms with Gasteiger partial charge in [0.2, 0.25) is 0 Å². The molecule has 4 rings (SSSR count). The van der Waals surface area contributed by atoms with Crippen molar-refractivity contribution >= 4 is 57.3 Å². The van der Waals surface area contributed by atoms with E-state index < -0.39 is 0 Å². The minimum absolute atomic E-state index is 0.329. The molecule has 1 amide bonds. The molecule has 2 aromatic carbocycles. The van der Waals surface area contributed by atoms with Crippen molar-refractivity contribution in [1.82, 2.24) is 9.97 Å². The van der Waals surface area contributed by atoms with Crippen LogP contribution in [0.1, 0.15) is 10.4 Å². The van der Waals surface area contributed by atoms with Crippen LogP contribution in [0.2, 0.25) is 15.1 Å². The zero-order valence-corrected chi connectivity index (χ0v) is 16.6. The minimum Gasteiger partial charge on any atom is -0.322 e. The number of benzene rings is 2. The lowest BCUT2D eigenvalue weighted by Gasteiger charge is -2.11. The van der Waals surface area contributed by atoms with E-state index >= 15 is 0 Å². The fraction of sp³-hybridized carbons (Fsp3) is 0. The monoisotopic (exact) mass is 427 g/mol. The molecule has 0 saturated carbocycles. The second-order valence-electron chi connectivity index (χ2n) is 6.02. The SMILES string of the molecule is O=C(Nc1cc(Cl)cc(Cl)c1)c1cc(-c2ccccn2)nc2c(Cl)cccc12. The molecule has 0 aliphatic carbocycles. The number of amides is 1. The zero-order valence-electron chi connectivity index (χ0n) is 14.3. The Morgan fingerprint density at radius 3 is 2.36 bits per heavy atom. The van der Waals surface area contributed by atoms with Crippen LogP contribution in [0.15, 0.2) is 66.9 Å². The van der Waals surface area contributed by atoms with Crippen molar-refractivity contribution in [3.63, 3.8) is 0 Å². The summed E-state index contributed by atoms with van der Waals surface area (Å²) in [5.74, 6) is -0.329. The summed E-state index contributed by atoms with van der Waals surface area (Å²) in [6.07, 6.45) is 1.67. The first-order valence-corrected chi connectivity index (χ1v) is 9.43. The Hall–Kier alpha value is -2.66. The van der Waals surface area contributed by atoms with Crippen molar-refractivity contribution in [1.29, 1.82) is 0 Å². The van der Waals surface area contributed by atoms with Crippen molar-refractivity contribution in [2.45, 2.75) is 0 Å². The van der Waals surface area contributed by atoms with Gasteiger partial charge in [-0.15, -0.1) is 0 Å². The molecule has 0 saturated heterocycles. The van der Waals surface area contributed by atoms with Gasteiger partial charge in [-0.05, 0) is 42.5 Å². The predicted molar refractivity (Wildman–Crippen MR) is 114 cm³/mol. The van der Waals surface area contributed by atoms with E-state index in [1.807, 2.05) is 18.2 Å². The van der Waals surface area contributed by atoms with E-state index in [0.717, 1.165) is 0 Å². The molecular formula is C21H12Cl3N3O. The summed E-state index contributed by atoms with van der Waals surface area (Å²) in [5, 5.41) is 4.78. The summed E-state index contributed by atoms with van der Waals surface area (Å²) in [6, 6.07) is 17.4. The summed E-state index contributed by atoms with van der Waals surface area (Å²) < 4.78 is 0. The highest BCUT2D eigenvalue weighted by atomic mass is 35.5. The molecule has 2 aromatic heterocycles. The molecule has 28 heavy (non-hydrogen) atoms. The van der Waals surface area contributed by atoms with Gasteiger partial charge >= 0.3 is 0 Å². The van der Waals surface area contributed by atoms with Gasteiger partial charge in [-0.3, -0.25) is 9.78 Å². The van der Waals surface area contributed by atoms with E-state index in [1.165, 1.54) is 0 Å². The van der Waals surface area contributed by atoms with Crippen molar-refractivity contribution in [3.05, 3.63) is 87.5 Å². The van der Waals surface area contributed by atoms with Gasteiger partial charge in [0, 0.05) is 27.3 Å². The van der Waals surface area contributed by atoms with Crippen molar-refractivity contribution < 1.29 is 4.79 Å². The highest BCUT2D eigenvalue weighted by Crippen LogP contribution is 2.29. The Bertz CT molecular complexity index is 1180. The smallest absolute Gasteiger partial charge is 0.256 e. The molecule has 0 bridgehead atoms. The standard InChI is InChI=1S/C21H12Cl3N3O/c22-12-8-13(23)10-14(9-12)26-21(28)16-11-19(18-6-1-2-7-25-18)27-20-15(16)4-3-5-17(20)24/h1-11H,(H,26,28). The third-order valence-corrected chi connectivity index (χ3v) is 4.82. The highest BCUT2D eigenvalue weighted by molar-refractivity contribution is 6.36. The van der Waals surface area contributed by atoms with Gasteiger partial charge in [0.1, 0.15) is 0 Å². The molecule has 0 unspecified atom stereocenters. The average molecular weight is 429 g/mol. The van der Waals surface area contributed by atoms with Gasteiger partial charge in [-0.25, -0.2) is 4.98 Å². The van der Waals surface area contributed by atoms with Crippen LogP contribution in [0.4, 0.5) is 5.69 Å². The molecule has 0 fully saturated rings. The number of hydrogen-bond acceptors (Lipinski definition) is 3. The lowest BCUT2D eigenvalue weighted by molar-refractivity contribution is 0.102. The zero-order chi connectivity index (χ0) is 19.7. The lowest BCUT2D eigenvalue weighted by Crippen LogP contribution is -2.13. The van der Waals surface area contributed by atoms with E-state index in [0.29, 0.717) is 48.6 Å². The Labute approximate surface area is 176 Å². The number of pyridine rings is 2. The number of hydrogen-bond donors (Lipinski definition) is 1. The molecule has 0 atom stereocenters. The number of carbonyl (C=O) groups is 1. The summed E-state index contributed by atoms with van der Waals surface area (Å²) in [4.78, 5) is 22.0. The molecule has 0 spiro atoms. The lowest BCUT2D eigenvalue weighted by atomic mass is 10.1. The Balaban J connectivity index is 1.85. The van der Waals surface area contributed by atoms with Crippen LogP contribution in [0, 0.1) is 0 Å². The molecule has 0 radical (unpaired) electrons. The van der Waals surface area contributed by atoms with Crippen LogP contribution in [0.3, 0.4) is 0 Å². The fourth-order valence-electron chi connectivity index (χ4n) is 2.87. The molecule has 4 nitrogen and oxygen atoms in total. The Kier molecular flexibility index (Phi) is 5.18. The fourth-order valence-corrected chi connectivity index (χ4v) is 3.61. The number of fused-ring (bicyclic) bond motifs is 1. The largest absolute Gasteiger partial charge is 0.322 e. The number of nitrogens with zero attached hydrogens (tertiary/aromatic N) is 2. The third kappa shape index (κ3) is 3.80. The molecule has 7 heteroatoms. The van der Waals surface area contributed by atoms with Crippen LogP contribution >= 0.6 is 34.8 Å². The molecule has 138 valence electrons. The summed E-state index contributed by atoms with van der Waals surface area (Å²) in [5.41, 5.74) is 2.64. The number of para-hydroxylation sites is 1. The Morgan fingerprint density at radius 2 is 1.64 bits per heavy atom. The van der Waals surface area contributed by atoms with Crippen LogP contribution in [-0.4, -0.2) is 15.9 Å². The van der Waals surface area contributed by atoms with Gasteiger partial charge in [-0.1, -0.05) is 53.0 Å². The number of carbonyl (C=O) groups excluding carboxylic acids is 1. The van der Waals surface area contributed by atoms with Crippen LogP contribution in [0.25, 0.3) is 22.3 Å². The normalized spacial score (nSPS) is 10.8. The molecule has 1 N–H and O–H groups in total. The van der Waals surface area contributed by atoms with Gasteiger partial charge in [0.25, 0.3) is 5.91 Å². The molecule has 0 aliphatic rings. The van der Waals surface area contributed by atoms with Crippen molar-refractivity contribution in [2.24, 2.45) is 0 Å². The van der Waals surface area contributed by atoms with Crippen LogP contribution in [0.5, 0.6) is 0 Å². The van der Waals surface area contributed by atoms with Gasteiger partial charge in [-0.2, -0.15) is 0 Å². The molecule has 0 aliphatic heterocycles.